The van der Waals surface area contributed by atoms with Crippen molar-refractivity contribution in [2.45, 2.75) is 45.6 Å². The van der Waals surface area contributed by atoms with Crippen molar-refractivity contribution < 1.29 is 19.1 Å². The third kappa shape index (κ3) is 5.98. The standard InChI is InChI=1S/C22H26N2O4/c1-5-6-9-15(12-20(26)28-22(2,3)4)21(27)24-14-19(25)17-13-23-18-11-8-7-10-16(17)18/h1,7-8,10-11,13,15,23H,6,9,12,14H2,2-4H3,(H,24,27). The van der Waals surface area contributed by atoms with Crippen LogP contribution in [-0.2, 0) is 14.3 Å². The summed E-state index contributed by atoms with van der Waals surface area (Å²) in [4.78, 5) is 40.2. The van der Waals surface area contributed by atoms with E-state index in [2.05, 4.69) is 16.2 Å². The molecule has 28 heavy (non-hydrogen) atoms. The van der Waals surface area contributed by atoms with Crippen LogP contribution >= 0.6 is 0 Å². The number of Topliss-reactive ketones (excluding diaryl/α,β-unsaturated/α-hetero) is 1. The number of H-pyrrole nitrogens is 1. The molecular formula is C22H26N2O4. The number of aromatic nitrogens is 1. The molecule has 0 bridgehead atoms. The lowest BCUT2D eigenvalue weighted by molar-refractivity contribution is -0.157. The first-order valence-electron chi connectivity index (χ1n) is 9.23. The monoisotopic (exact) mass is 382 g/mol. The van der Waals surface area contributed by atoms with Gasteiger partial charge in [0.1, 0.15) is 5.60 Å². The maximum Gasteiger partial charge on any atom is 0.307 e. The Morgan fingerprint density at radius 2 is 1.96 bits per heavy atom. The maximum atomic E-state index is 12.5. The minimum atomic E-state index is -0.637. The van der Waals surface area contributed by atoms with Gasteiger partial charge in [0.25, 0.3) is 0 Å². The van der Waals surface area contributed by atoms with Crippen molar-refractivity contribution in [3.05, 3.63) is 36.0 Å². The van der Waals surface area contributed by atoms with E-state index in [4.69, 9.17) is 11.2 Å². The molecule has 2 rings (SSSR count). The Kier molecular flexibility index (Phi) is 7.00. The molecule has 1 amide bonds. The van der Waals surface area contributed by atoms with Crippen LogP contribution in [0.3, 0.4) is 0 Å². The second-order valence-corrected chi connectivity index (χ2v) is 7.62. The molecule has 1 unspecified atom stereocenters. The minimum Gasteiger partial charge on any atom is -0.460 e. The lowest BCUT2D eigenvalue weighted by atomic mass is 9.98. The zero-order valence-electron chi connectivity index (χ0n) is 16.5. The topological polar surface area (TPSA) is 88.3 Å². The van der Waals surface area contributed by atoms with Crippen LogP contribution < -0.4 is 5.32 Å². The number of terminal acetylenes is 1. The number of rotatable bonds is 8. The molecule has 1 atom stereocenters. The zero-order chi connectivity index (χ0) is 20.7. The number of nitrogens with one attached hydrogen (secondary N) is 2. The molecule has 2 N–H and O–H groups in total. The molecule has 1 aromatic heterocycles. The van der Waals surface area contributed by atoms with Crippen molar-refractivity contribution >= 4 is 28.6 Å². The van der Waals surface area contributed by atoms with Crippen LogP contribution in [-0.4, -0.2) is 34.8 Å². The molecular weight excluding hydrogens is 356 g/mol. The molecule has 0 spiro atoms. The number of para-hydroxylation sites is 1. The number of carbonyl (C=O) groups excluding carboxylic acids is 3. The van der Waals surface area contributed by atoms with Gasteiger partial charge in [0, 0.05) is 35.0 Å². The number of ketones is 1. The van der Waals surface area contributed by atoms with E-state index >= 15 is 0 Å². The number of aromatic amines is 1. The predicted octanol–water partition coefficient (Wildman–Crippen LogP) is 3.23. The smallest absolute Gasteiger partial charge is 0.307 e. The fourth-order valence-corrected chi connectivity index (χ4v) is 2.88. The number of fused-ring (bicyclic) bond motifs is 1. The maximum absolute atomic E-state index is 12.5. The van der Waals surface area contributed by atoms with E-state index in [1.54, 1.807) is 27.0 Å². The Balaban J connectivity index is 1.99. The average molecular weight is 382 g/mol. The van der Waals surface area contributed by atoms with Gasteiger partial charge in [-0.1, -0.05) is 18.2 Å². The largest absolute Gasteiger partial charge is 0.460 e. The van der Waals surface area contributed by atoms with Crippen LogP contribution in [0, 0.1) is 18.3 Å². The molecule has 0 aliphatic rings. The molecule has 0 aliphatic carbocycles. The van der Waals surface area contributed by atoms with E-state index in [1.807, 2.05) is 24.3 Å². The van der Waals surface area contributed by atoms with Gasteiger partial charge in [0.15, 0.2) is 5.78 Å². The number of amides is 1. The highest BCUT2D eigenvalue weighted by Crippen LogP contribution is 2.19. The lowest BCUT2D eigenvalue weighted by Gasteiger charge is -2.21. The highest BCUT2D eigenvalue weighted by atomic mass is 16.6. The molecule has 148 valence electrons. The molecule has 0 saturated heterocycles. The van der Waals surface area contributed by atoms with Gasteiger partial charge < -0.3 is 15.0 Å². The Morgan fingerprint density at radius 3 is 2.64 bits per heavy atom. The Morgan fingerprint density at radius 1 is 1.25 bits per heavy atom. The summed E-state index contributed by atoms with van der Waals surface area (Å²) in [5.74, 6) is 0.786. The van der Waals surface area contributed by atoms with Crippen LogP contribution in [0.1, 0.15) is 50.4 Å². The van der Waals surface area contributed by atoms with Crippen LogP contribution in [0.15, 0.2) is 30.5 Å². The van der Waals surface area contributed by atoms with Crippen molar-refractivity contribution in [2.24, 2.45) is 5.92 Å². The minimum absolute atomic E-state index is 0.0773. The van der Waals surface area contributed by atoms with E-state index in [0.717, 1.165) is 10.9 Å². The molecule has 0 fully saturated rings. The van der Waals surface area contributed by atoms with E-state index in [9.17, 15) is 14.4 Å². The summed E-state index contributed by atoms with van der Waals surface area (Å²) in [7, 11) is 0. The Hall–Kier alpha value is -3.07. The van der Waals surface area contributed by atoms with Crippen molar-refractivity contribution in [3.63, 3.8) is 0 Å². The second kappa shape index (κ2) is 9.23. The van der Waals surface area contributed by atoms with Crippen molar-refractivity contribution in [3.8, 4) is 12.3 Å². The fourth-order valence-electron chi connectivity index (χ4n) is 2.88. The molecule has 1 heterocycles. The van der Waals surface area contributed by atoms with Gasteiger partial charge in [0.05, 0.1) is 13.0 Å². The zero-order valence-corrected chi connectivity index (χ0v) is 16.5. The average Bonchev–Trinajstić information content (AvgIpc) is 3.05. The van der Waals surface area contributed by atoms with Gasteiger partial charge in [-0.05, 0) is 33.3 Å². The molecule has 0 aliphatic heterocycles. The number of esters is 1. The summed E-state index contributed by atoms with van der Waals surface area (Å²) >= 11 is 0. The number of hydrogen-bond acceptors (Lipinski definition) is 4. The summed E-state index contributed by atoms with van der Waals surface area (Å²) in [6.45, 7) is 5.14. The quantitative estimate of drug-likeness (QED) is 0.417. The van der Waals surface area contributed by atoms with Gasteiger partial charge in [-0.3, -0.25) is 14.4 Å². The van der Waals surface area contributed by atoms with Gasteiger partial charge >= 0.3 is 5.97 Å². The van der Waals surface area contributed by atoms with Gasteiger partial charge in [-0.2, -0.15) is 0 Å². The van der Waals surface area contributed by atoms with Gasteiger partial charge in [-0.25, -0.2) is 0 Å². The van der Waals surface area contributed by atoms with Crippen LogP contribution in [0.2, 0.25) is 0 Å². The number of benzene rings is 1. The molecule has 2 aromatic rings. The Labute approximate surface area is 165 Å². The molecule has 1 aromatic carbocycles. The van der Waals surface area contributed by atoms with Crippen molar-refractivity contribution in [1.29, 1.82) is 0 Å². The molecule has 0 radical (unpaired) electrons. The Bertz CT molecular complexity index is 899. The summed E-state index contributed by atoms with van der Waals surface area (Å²) in [6, 6.07) is 7.45. The highest BCUT2D eigenvalue weighted by molar-refractivity contribution is 6.09. The number of hydrogen-bond donors (Lipinski definition) is 2. The van der Waals surface area contributed by atoms with Gasteiger partial charge in [-0.15, -0.1) is 12.3 Å². The van der Waals surface area contributed by atoms with Crippen molar-refractivity contribution in [2.75, 3.05) is 6.54 Å². The third-order valence-corrected chi connectivity index (χ3v) is 4.15. The van der Waals surface area contributed by atoms with Gasteiger partial charge in [0.2, 0.25) is 5.91 Å². The highest BCUT2D eigenvalue weighted by Gasteiger charge is 2.25. The first-order valence-corrected chi connectivity index (χ1v) is 9.23. The van der Waals surface area contributed by atoms with E-state index in [0.29, 0.717) is 18.4 Å². The first-order chi connectivity index (χ1) is 13.2. The molecule has 0 saturated carbocycles. The number of carbonyl (C=O) groups is 3. The molecule has 6 nitrogen and oxygen atoms in total. The van der Waals surface area contributed by atoms with Crippen LogP contribution in [0.5, 0.6) is 0 Å². The van der Waals surface area contributed by atoms with Crippen molar-refractivity contribution in [1.82, 2.24) is 10.3 Å². The summed E-state index contributed by atoms with van der Waals surface area (Å²) < 4.78 is 5.29. The van der Waals surface area contributed by atoms with E-state index in [-0.39, 0.29) is 24.7 Å². The normalized spacial score (nSPS) is 12.2. The summed E-state index contributed by atoms with van der Waals surface area (Å²) in [5, 5.41) is 3.44. The van der Waals surface area contributed by atoms with E-state index in [1.165, 1.54) is 0 Å². The fraction of sp³-hybridized carbons (Fsp3) is 0.409. The summed E-state index contributed by atoms with van der Waals surface area (Å²) in [6.07, 6.45) is 7.56. The molecule has 6 heteroatoms. The predicted molar refractivity (Wildman–Crippen MR) is 108 cm³/mol. The van der Waals surface area contributed by atoms with Crippen LogP contribution in [0.25, 0.3) is 10.9 Å². The van der Waals surface area contributed by atoms with E-state index < -0.39 is 17.5 Å². The first kappa shape index (κ1) is 21.2. The van der Waals surface area contributed by atoms with Crippen LogP contribution in [0.4, 0.5) is 0 Å². The summed E-state index contributed by atoms with van der Waals surface area (Å²) in [5.41, 5.74) is 0.743. The third-order valence-electron chi connectivity index (χ3n) is 4.15. The number of ether oxygens (including phenoxy) is 1. The second-order valence-electron chi connectivity index (χ2n) is 7.62. The SMILES string of the molecule is C#CCCC(CC(=O)OC(C)(C)C)C(=O)NCC(=O)c1c[nH]c2ccccc12. The lowest BCUT2D eigenvalue weighted by Crippen LogP contribution is -2.36.